The molecule has 0 spiro atoms. The van der Waals surface area contributed by atoms with Crippen LogP contribution in [0.1, 0.15) is 11.1 Å². The second-order valence-corrected chi connectivity index (χ2v) is 9.24. The molecule has 1 aliphatic rings. The minimum Gasteiger partial charge on any atom is -0.367 e. The number of aryl methyl sites for hydroxylation is 1. The molecule has 1 fully saturated rings. The second-order valence-electron chi connectivity index (χ2n) is 7.55. The van der Waals surface area contributed by atoms with E-state index in [0.717, 1.165) is 38.4 Å². The molecule has 0 atom stereocenters. The van der Waals surface area contributed by atoms with Crippen molar-refractivity contribution in [3.8, 4) is 0 Å². The molecule has 0 saturated carbocycles. The summed E-state index contributed by atoms with van der Waals surface area (Å²) < 4.78 is 3.54. The number of hydrogen-bond acceptors (Lipinski definition) is 4. The third kappa shape index (κ3) is 5.44. The Hall–Kier alpha value is -1.85. The lowest BCUT2D eigenvalue weighted by Crippen LogP contribution is -2.46. The molecule has 0 aromatic heterocycles. The van der Waals surface area contributed by atoms with Crippen LogP contribution in [0.25, 0.3) is 0 Å². The first-order chi connectivity index (χ1) is 14.6. The van der Waals surface area contributed by atoms with Gasteiger partial charge in [0, 0.05) is 37.6 Å². The first kappa shape index (κ1) is 21.4. The van der Waals surface area contributed by atoms with E-state index in [0.29, 0.717) is 10.0 Å². The Kier molecular flexibility index (Phi) is 7.11. The summed E-state index contributed by atoms with van der Waals surface area (Å²) >= 11 is 13.9. The molecule has 3 nitrogen and oxygen atoms in total. The molecule has 3 aromatic rings. The molecule has 1 heterocycles. The lowest BCUT2D eigenvalue weighted by atomic mass is 10.2. The van der Waals surface area contributed by atoms with Crippen LogP contribution >= 0.6 is 35.1 Å². The van der Waals surface area contributed by atoms with E-state index in [1.54, 1.807) is 11.9 Å². The zero-order chi connectivity index (χ0) is 20.9. The van der Waals surface area contributed by atoms with Crippen LogP contribution in [-0.2, 0) is 6.54 Å². The molecule has 156 valence electrons. The Morgan fingerprint density at radius 2 is 1.60 bits per heavy atom. The largest absolute Gasteiger partial charge is 0.367 e. The predicted octanol–water partition coefficient (Wildman–Crippen LogP) is 6.74. The first-order valence-electron chi connectivity index (χ1n) is 10.1. The van der Waals surface area contributed by atoms with Crippen molar-refractivity contribution in [3.05, 3.63) is 87.9 Å². The summed E-state index contributed by atoms with van der Waals surface area (Å²) in [6.07, 6.45) is 0. The van der Waals surface area contributed by atoms with Crippen molar-refractivity contribution >= 4 is 46.5 Å². The van der Waals surface area contributed by atoms with Crippen molar-refractivity contribution in [2.24, 2.45) is 0 Å². The van der Waals surface area contributed by atoms with Gasteiger partial charge in [-0.25, -0.2) is 0 Å². The lowest BCUT2D eigenvalue weighted by Gasteiger charge is -2.37. The Morgan fingerprint density at radius 3 is 2.33 bits per heavy atom. The van der Waals surface area contributed by atoms with E-state index in [4.69, 9.17) is 23.2 Å². The predicted molar refractivity (Wildman–Crippen MR) is 131 cm³/mol. The summed E-state index contributed by atoms with van der Waals surface area (Å²) in [6, 6.07) is 23.0. The van der Waals surface area contributed by atoms with Gasteiger partial charge in [-0.1, -0.05) is 59.1 Å². The summed E-state index contributed by atoms with van der Waals surface area (Å²) in [5.41, 5.74) is 4.89. The standard InChI is InChI=1S/C24H25Cl2N3S/c1-18-6-9-20(10-7-18)30-27-23-4-2-3-5-24(23)29-14-12-28(13-15-29)17-19-8-11-21(25)22(26)16-19/h2-11,16,27H,12-15,17H2,1H3. The van der Waals surface area contributed by atoms with E-state index in [-0.39, 0.29) is 0 Å². The number of halogens is 2. The summed E-state index contributed by atoms with van der Waals surface area (Å²) in [5, 5.41) is 1.23. The van der Waals surface area contributed by atoms with E-state index in [1.807, 2.05) is 12.1 Å². The van der Waals surface area contributed by atoms with Gasteiger partial charge in [-0.15, -0.1) is 0 Å². The fourth-order valence-electron chi connectivity index (χ4n) is 3.60. The number of piperazine rings is 1. The molecule has 0 amide bonds. The van der Waals surface area contributed by atoms with Crippen molar-refractivity contribution in [2.75, 3.05) is 35.8 Å². The maximum atomic E-state index is 6.17. The number of benzene rings is 3. The minimum absolute atomic E-state index is 0.609. The number of para-hydroxylation sites is 2. The van der Waals surface area contributed by atoms with Crippen molar-refractivity contribution in [1.82, 2.24) is 4.90 Å². The van der Waals surface area contributed by atoms with Crippen LogP contribution in [0.15, 0.2) is 71.6 Å². The van der Waals surface area contributed by atoms with Gasteiger partial charge in [-0.2, -0.15) is 0 Å². The van der Waals surface area contributed by atoms with E-state index in [9.17, 15) is 0 Å². The molecule has 6 heteroatoms. The number of nitrogens with one attached hydrogen (secondary N) is 1. The summed E-state index contributed by atoms with van der Waals surface area (Å²) in [5.74, 6) is 0. The fraction of sp³-hybridized carbons (Fsp3) is 0.250. The van der Waals surface area contributed by atoms with Crippen molar-refractivity contribution in [2.45, 2.75) is 18.4 Å². The highest BCUT2D eigenvalue weighted by Crippen LogP contribution is 2.31. The SMILES string of the molecule is Cc1ccc(SNc2ccccc2N2CCN(Cc3ccc(Cl)c(Cl)c3)CC2)cc1. The van der Waals surface area contributed by atoms with Gasteiger partial charge in [0.1, 0.15) is 0 Å². The van der Waals surface area contributed by atoms with Crippen LogP contribution < -0.4 is 9.62 Å². The molecular formula is C24H25Cl2N3S. The van der Waals surface area contributed by atoms with E-state index in [1.165, 1.54) is 21.7 Å². The highest BCUT2D eigenvalue weighted by Gasteiger charge is 2.19. The molecule has 0 unspecified atom stereocenters. The van der Waals surface area contributed by atoms with E-state index in [2.05, 4.69) is 76.0 Å². The fourth-order valence-corrected chi connectivity index (χ4v) is 4.59. The van der Waals surface area contributed by atoms with Gasteiger partial charge < -0.3 is 9.62 Å². The summed E-state index contributed by atoms with van der Waals surface area (Å²) in [6.45, 7) is 7.02. The van der Waals surface area contributed by atoms with Crippen LogP contribution in [-0.4, -0.2) is 31.1 Å². The van der Waals surface area contributed by atoms with Crippen molar-refractivity contribution in [3.63, 3.8) is 0 Å². The maximum absolute atomic E-state index is 6.17. The number of nitrogens with zero attached hydrogens (tertiary/aromatic N) is 2. The maximum Gasteiger partial charge on any atom is 0.0679 e. The quantitative estimate of drug-likeness (QED) is 0.412. The van der Waals surface area contributed by atoms with Crippen LogP contribution in [0, 0.1) is 6.92 Å². The first-order valence-corrected chi connectivity index (χ1v) is 11.7. The molecule has 0 bridgehead atoms. The summed E-state index contributed by atoms with van der Waals surface area (Å²) in [4.78, 5) is 6.14. The number of hydrogen-bond donors (Lipinski definition) is 1. The minimum atomic E-state index is 0.609. The lowest BCUT2D eigenvalue weighted by molar-refractivity contribution is 0.250. The average molecular weight is 458 g/mol. The molecule has 0 radical (unpaired) electrons. The third-order valence-electron chi connectivity index (χ3n) is 5.31. The van der Waals surface area contributed by atoms with Gasteiger partial charge in [-0.3, -0.25) is 4.90 Å². The third-order valence-corrected chi connectivity index (χ3v) is 6.88. The van der Waals surface area contributed by atoms with Crippen molar-refractivity contribution in [1.29, 1.82) is 0 Å². The van der Waals surface area contributed by atoms with Gasteiger partial charge in [0.25, 0.3) is 0 Å². The zero-order valence-corrected chi connectivity index (χ0v) is 19.3. The second kappa shape index (κ2) is 9.97. The molecule has 3 aromatic carbocycles. The Labute approximate surface area is 193 Å². The molecule has 30 heavy (non-hydrogen) atoms. The highest BCUT2D eigenvalue weighted by molar-refractivity contribution is 8.00. The Bertz CT molecular complexity index is 986. The molecule has 1 N–H and O–H groups in total. The monoisotopic (exact) mass is 457 g/mol. The Morgan fingerprint density at radius 1 is 0.867 bits per heavy atom. The number of anilines is 2. The van der Waals surface area contributed by atoms with Gasteiger partial charge in [-0.05, 0) is 60.8 Å². The van der Waals surface area contributed by atoms with Crippen LogP contribution in [0.4, 0.5) is 11.4 Å². The zero-order valence-electron chi connectivity index (χ0n) is 16.9. The normalized spacial score (nSPS) is 14.7. The van der Waals surface area contributed by atoms with Crippen LogP contribution in [0.3, 0.4) is 0 Å². The number of rotatable bonds is 6. The van der Waals surface area contributed by atoms with Crippen molar-refractivity contribution < 1.29 is 0 Å². The molecular weight excluding hydrogens is 433 g/mol. The van der Waals surface area contributed by atoms with Gasteiger partial charge in [0.15, 0.2) is 0 Å². The van der Waals surface area contributed by atoms with Gasteiger partial charge >= 0.3 is 0 Å². The molecule has 1 saturated heterocycles. The van der Waals surface area contributed by atoms with Crippen LogP contribution in [0.5, 0.6) is 0 Å². The Balaban J connectivity index is 1.36. The smallest absolute Gasteiger partial charge is 0.0679 e. The van der Waals surface area contributed by atoms with Gasteiger partial charge in [0.2, 0.25) is 0 Å². The molecule has 0 aliphatic carbocycles. The van der Waals surface area contributed by atoms with E-state index >= 15 is 0 Å². The molecule has 4 rings (SSSR count). The molecule has 1 aliphatic heterocycles. The van der Waals surface area contributed by atoms with Gasteiger partial charge in [0.05, 0.1) is 21.4 Å². The highest BCUT2D eigenvalue weighted by atomic mass is 35.5. The topological polar surface area (TPSA) is 18.5 Å². The van der Waals surface area contributed by atoms with E-state index < -0.39 is 0 Å². The average Bonchev–Trinajstić information content (AvgIpc) is 2.77. The summed E-state index contributed by atoms with van der Waals surface area (Å²) in [7, 11) is 0. The van der Waals surface area contributed by atoms with Crippen LogP contribution in [0.2, 0.25) is 10.0 Å².